The van der Waals surface area contributed by atoms with Crippen LogP contribution in [0.2, 0.25) is 0 Å². The van der Waals surface area contributed by atoms with Crippen LogP contribution in [0, 0.1) is 19.7 Å². The zero-order valence-electron chi connectivity index (χ0n) is 20.4. The number of imidazole rings is 1. The number of rotatable bonds is 4. The van der Waals surface area contributed by atoms with Gasteiger partial charge in [0.15, 0.2) is 0 Å². The number of ether oxygens (including phenoxy) is 1. The van der Waals surface area contributed by atoms with Crippen molar-refractivity contribution in [3.63, 3.8) is 0 Å². The van der Waals surface area contributed by atoms with Crippen LogP contribution in [-0.4, -0.2) is 28.1 Å². The molecule has 0 amide bonds. The van der Waals surface area contributed by atoms with Gasteiger partial charge in [0.05, 0.1) is 17.6 Å². The molecule has 0 bridgehead atoms. The second-order valence-electron chi connectivity index (χ2n) is 9.34. The molecule has 180 valence electrons. The number of benzene rings is 3. The van der Waals surface area contributed by atoms with E-state index in [2.05, 4.69) is 62.3 Å². The fourth-order valence-corrected chi connectivity index (χ4v) is 5.00. The molecule has 5 aromatic rings. The van der Waals surface area contributed by atoms with Gasteiger partial charge in [-0.05, 0) is 73.0 Å². The maximum atomic E-state index is 13.5. The molecule has 36 heavy (non-hydrogen) atoms. The highest BCUT2D eigenvalue weighted by Crippen LogP contribution is 2.34. The van der Waals surface area contributed by atoms with E-state index in [9.17, 15) is 4.39 Å². The summed E-state index contributed by atoms with van der Waals surface area (Å²) in [4.78, 5) is 14.8. The van der Waals surface area contributed by atoms with Crippen molar-refractivity contribution in [1.29, 1.82) is 0 Å². The van der Waals surface area contributed by atoms with E-state index < -0.39 is 0 Å². The molecule has 0 fully saturated rings. The van der Waals surface area contributed by atoms with Gasteiger partial charge in [0.25, 0.3) is 0 Å². The summed E-state index contributed by atoms with van der Waals surface area (Å²) < 4.78 is 19.6. The summed E-state index contributed by atoms with van der Waals surface area (Å²) in [7, 11) is 0. The Morgan fingerprint density at radius 3 is 2.64 bits per heavy atom. The molecule has 0 saturated carbocycles. The van der Waals surface area contributed by atoms with Crippen LogP contribution in [0.4, 0.5) is 10.1 Å². The lowest BCUT2D eigenvalue weighted by molar-refractivity contribution is 0.331. The van der Waals surface area contributed by atoms with E-state index in [-0.39, 0.29) is 5.82 Å². The molecular formula is C30H27FN4O. The van der Waals surface area contributed by atoms with E-state index >= 15 is 0 Å². The van der Waals surface area contributed by atoms with Gasteiger partial charge in [-0.25, -0.2) is 9.37 Å². The Balaban J connectivity index is 1.34. The first-order valence-corrected chi connectivity index (χ1v) is 12.2. The highest BCUT2D eigenvalue weighted by Gasteiger charge is 2.20. The van der Waals surface area contributed by atoms with Crippen LogP contribution in [0.25, 0.3) is 22.2 Å². The van der Waals surface area contributed by atoms with Gasteiger partial charge < -0.3 is 14.6 Å². The summed E-state index contributed by atoms with van der Waals surface area (Å²) >= 11 is 0. The van der Waals surface area contributed by atoms with Gasteiger partial charge in [0.1, 0.15) is 24.0 Å². The van der Waals surface area contributed by atoms with Gasteiger partial charge in [0, 0.05) is 41.7 Å². The number of aromatic amines is 1. The predicted molar refractivity (Wildman–Crippen MR) is 141 cm³/mol. The fraction of sp³-hybridized carbons (Fsp3) is 0.200. The van der Waals surface area contributed by atoms with Gasteiger partial charge >= 0.3 is 0 Å². The van der Waals surface area contributed by atoms with Crippen molar-refractivity contribution in [1.82, 2.24) is 15.0 Å². The third-order valence-electron chi connectivity index (χ3n) is 6.86. The SMILES string of the molecule is Cc1nc2ccc(-c3ccc4c(c3)CN(c3ccnc(C)c3Cc3ccc(F)cc3)CCO4)cc2[nH]1. The number of pyridine rings is 1. The topological polar surface area (TPSA) is 54.0 Å². The standard InChI is InChI=1S/C30H27FN4O/c1-19-26(15-21-3-7-25(31)8-4-21)29(11-12-32-19)35-13-14-36-30-10-6-22(16-24(30)18-35)23-5-9-27-28(17-23)34-20(2)33-27/h3-12,16-17H,13-15,18H2,1-2H3,(H,33,34). The maximum absolute atomic E-state index is 13.5. The average Bonchev–Trinajstić information content (AvgIpc) is 3.12. The summed E-state index contributed by atoms with van der Waals surface area (Å²) in [6.07, 6.45) is 2.56. The van der Waals surface area contributed by atoms with E-state index in [1.165, 1.54) is 12.1 Å². The number of aromatic nitrogens is 3. The van der Waals surface area contributed by atoms with Gasteiger partial charge in [0.2, 0.25) is 0 Å². The Kier molecular flexibility index (Phi) is 5.64. The van der Waals surface area contributed by atoms with Crippen molar-refractivity contribution in [3.05, 3.63) is 107 Å². The smallest absolute Gasteiger partial charge is 0.124 e. The first-order valence-electron chi connectivity index (χ1n) is 12.2. The highest BCUT2D eigenvalue weighted by atomic mass is 19.1. The summed E-state index contributed by atoms with van der Waals surface area (Å²) in [6.45, 7) is 6.11. The van der Waals surface area contributed by atoms with Gasteiger partial charge in [-0.15, -0.1) is 0 Å². The summed E-state index contributed by atoms with van der Waals surface area (Å²) in [6, 6.07) is 21.5. The third-order valence-corrected chi connectivity index (χ3v) is 6.86. The Bertz CT molecular complexity index is 1560. The van der Waals surface area contributed by atoms with E-state index in [0.29, 0.717) is 13.0 Å². The molecule has 6 heteroatoms. The Labute approximate surface area is 209 Å². The molecule has 1 aliphatic heterocycles. The molecule has 5 nitrogen and oxygen atoms in total. The quantitative estimate of drug-likeness (QED) is 0.326. The molecule has 3 heterocycles. The summed E-state index contributed by atoms with van der Waals surface area (Å²) in [5.41, 5.74) is 9.79. The van der Waals surface area contributed by atoms with Crippen molar-refractivity contribution in [2.24, 2.45) is 0 Å². The number of halogens is 1. The van der Waals surface area contributed by atoms with Gasteiger partial charge in [-0.2, -0.15) is 0 Å². The second kappa shape index (κ2) is 9.11. The first-order chi connectivity index (χ1) is 17.5. The van der Waals surface area contributed by atoms with Crippen molar-refractivity contribution in [2.45, 2.75) is 26.8 Å². The van der Waals surface area contributed by atoms with Crippen LogP contribution in [-0.2, 0) is 13.0 Å². The minimum Gasteiger partial charge on any atom is -0.491 e. The average molecular weight is 479 g/mol. The third kappa shape index (κ3) is 4.31. The van der Waals surface area contributed by atoms with E-state index in [0.717, 1.165) is 74.9 Å². The normalized spacial score (nSPS) is 13.4. The number of H-pyrrole nitrogens is 1. The molecule has 0 unspecified atom stereocenters. The molecular weight excluding hydrogens is 451 g/mol. The van der Waals surface area contributed by atoms with Crippen LogP contribution >= 0.6 is 0 Å². The molecule has 0 atom stereocenters. The van der Waals surface area contributed by atoms with E-state index in [1.807, 2.05) is 32.2 Å². The second-order valence-corrected chi connectivity index (χ2v) is 9.34. The highest BCUT2D eigenvalue weighted by molar-refractivity contribution is 5.82. The molecule has 1 aliphatic rings. The van der Waals surface area contributed by atoms with E-state index in [1.54, 1.807) is 0 Å². The molecule has 0 saturated heterocycles. The molecule has 2 aromatic heterocycles. The fourth-order valence-electron chi connectivity index (χ4n) is 5.00. The van der Waals surface area contributed by atoms with Gasteiger partial charge in [-0.3, -0.25) is 4.98 Å². The van der Waals surface area contributed by atoms with Gasteiger partial charge in [-0.1, -0.05) is 24.3 Å². The predicted octanol–water partition coefficient (Wildman–Crippen LogP) is 6.37. The van der Waals surface area contributed by atoms with Crippen molar-refractivity contribution >= 4 is 16.7 Å². The van der Waals surface area contributed by atoms with Crippen LogP contribution in [0.5, 0.6) is 5.75 Å². The zero-order valence-corrected chi connectivity index (χ0v) is 20.4. The van der Waals surface area contributed by atoms with Crippen molar-refractivity contribution in [3.8, 4) is 16.9 Å². The summed E-state index contributed by atoms with van der Waals surface area (Å²) in [5, 5.41) is 0. The first kappa shape index (κ1) is 22.3. The summed E-state index contributed by atoms with van der Waals surface area (Å²) in [5.74, 6) is 1.61. The van der Waals surface area contributed by atoms with Crippen molar-refractivity contribution < 1.29 is 9.13 Å². The van der Waals surface area contributed by atoms with Crippen LogP contribution in [0.3, 0.4) is 0 Å². The lowest BCUT2D eigenvalue weighted by Crippen LogP contribution is -2.26. The number of nitrogens with zero attached hydrogens (tertiary/aromatic N) is 3. The molecule has 0 aliphatic carbocycles. The monoisotopic (exact) mass is 478 g/mol. The Morgan fingerprint density at radius 2 is 1.78 bits per heavy atom. The number of anilines is 1. The number of hydrogen-bond acceptors (Lipinski definition) is 4. The molecule has 3 aromatic carbocycles. The molecule has 6 rings (SSSR count). The number of nitrogens with one attached hydrogen (secondary N) is 1. The Morgan fingerprint density at radius 1 is 0.972 bits per heavy atom. The molecule has 0 spiro atoms. The van der Waals surface area contributed by atoms with E-state index in [4.69, 9.17) is 4.74 Å². The van der Waals surface area contributed by atoms with Crippen LogP contribution in [0.15, 0.2) is 72.9 Å². The number of fused-ring (bicyclic) bond motifs is 2. The van der Waals surface area contributed by atoms with Crippen LogP contribution < -0.4 is 9.64 Å². The Hall–Kier alpha value is -4.19. The minimum absolute atomic E-state index is 0.222. The number of aryl methyl sites for hydroxylation is 2. The lowest BCUT2D eigenvalue weighted by Gasteiger charge is -2.26. The van der Waals surface area contributed by atoms with Crippen molar-refractivity contribution in [2.75, 3.05) is 18.1 Å². The maximum Gasteiger partial charge on any atom is 0.124 e. The number of hydrogen-bond donors (Lipinski definition) is 1. The largest absolute Gasteiger partial charge is 0.491 e. The molecule has 0 radical (unpaired) electrons. The minimum atomic E-state index is -0.222. The van der Waals surface area contributed by atoms with Crippen LogP contribution in [0.1, 0.15) is 28.2 Å². The molecule has 1 N–H and O–H groups in total. The lowest BCUT2D eigenvalue weighted by atomic mass is 10.00. The zero-order chi connectivity index (χ0) is 24.6.